The number of rotatable bonds is 5. The largest absolute Gasteiger partial charge is 0.371 e. The molecule has 4 rings (SSSR count). The van der Waals surface area contributed by atoms with Crippen molar-refractivity contribution in [1.82, 2.24) is 9.88 Å². The average Bonchev–Trinajstić information content (AvgIpc) is 2.82. The molecule has 2 heterocycles. The van der Waals surface area contributed by atoms with Crippen LogP contribution in [0.25, 0.3) is 10.8 Å². The van der Waals surface area contributed by atoms with Gasteiger partial charge in [0.1, 0.15) is 0 Å². The topological polar surface area (TPSA) is 70.6 Å². The van der Waals surface area contributed by atoms with E-state index in [1.54, 1.807) is 32.3 Å². The number of amides is 1. The first kappa shape index (κ1) is 23.7. The Balaban J connectivity index is 1.74. The molecular weight excluding hydrogens is 502 g/mol. The summed E-state index contributed by atoms with van der Waals surface area (Å²) in [5.41, 5.74) is 1.94. The number of hydrogen-bond acceptors (Lipinski definition) is 5. The maximum absolute atomic E-state index is 14.1. The minimum Gasteiger partial charge on any atom is -0.371 e. The zero-order valence-corrected chi connectivity index (χ0v) is 21.5. The number of nitrogens with zero attached hydrogens (tertiary/aromatic N) is 3. The number of carbonyl (C=O) groups is 1. The van der Waals surface area contributed by atoms with Gasteiger partial charge in [-0.3, -0.25) is 9.78 Å². The molecule has 0 saturated carbocycles. The molecule has 0 bridgehead atoms. The van der Waals surface area contributed by atoms with Crippen molar-refractivity contribution < 1.29 is 13.2 Å². The lowest BCUT2D eigenvalue weighted by Crippen LogP contribution is -2.60. The number of hydrogen-bond donors (Lipinski definition) is 0. The predicted octanol–water partition coefficient (Wildman–Crippen LogP) is 4.94. The Morgan fingerprint density at radius 2 is 1.76 bits per heavy atom. The van der Waals surface area contributed by atoms with Crippen LogP contribution in [0.2, 0.25) is 0 Å². The monoisotopic (exact) mass is 529 g/mol. The molecule has 0 spiro atoms. The maximum atomic E-state index is 14.1. The van der Waals surface area contributed by atoms with Gasteiger partial charge in [0.15, 0.2) is 4.87 Å². The molecule has 0 atom stereocenters. The lowest BCUT2D eigenvalue weighted by Gasteiger charge is -2.47. The Morgan fingerprint density at radius 3 is 2.42 bits per heavy atom. The van der Waals surface area contributed by atoms with Gasteiger partial charge >= 0.3 is 0 Å². The highest BCUT2D eigenvalue weighted by molar-refractivity contribution is 9.10. The van der Waals surface area contributed by atoms with E-state index in [0.29, 0.717) is 25.9 Å². The quantitative estimate of drug-likeness (QED) is 0.467. The van der Waals surface area contributed by atoms with Crippen LogP contribution in [0.3, 0.4) is 0 Å². The van der Waals surface area contributed by atoms with Crippen LogP contribution in [0.4, 0.5) is 5.69 Å². The van der Waals surface area contributed by atoms with Crippen LogP contribution in [0, 0.1) is 6.92 Å². The summed E-state index contributed by atoms with van der Waals surface area (Å²) >= 11 is 3.46. The van der Waals surface area contributed by atoms with E-state index in [1.807, 2.05) is 43.3 Å². The molecular formula is C25H28BrN3O3S. The summed E-state index contributed by atoms with van der Waals surface area (Å²) in [6, 6.07) is 14.9. The van der Waals surface area contributed by atoms with E-state index in [1.165, 1.54) is 4.90 Å². The van der Waals surface area contributed by atoms with Crippen molar-refractivity contribution >= 4 is 48.1 Å². The summed E-state index contributed by atoms with van der Waals surface area (Å²) < 4.78 is 29.2. The predicted molar refractivity (Wildman–Crippen MR) is 135 cm³/mol. The second kappa shape index (κ2) is 9.06. The van der Waals surface area contributed by atoms with Crippen LogP contribution in [0.1, 0.15) is 31.9 Å². The van der Waals surface area contributed by atoms with E-state index in [4.69, 9.17) is 0 Å². The Bertz CT molecular complexity index is 1300. The van der Waals surface area contributed by atoms with Crippen LogP contribution in [0.15, 0.2) is 64.1 Å². The minimum atomic E-state index is -3.84. The standard InChI is InChI=1S/C25H28BrN3O3S/c1-4-24(30)28(3)25(10-13-29(14-11-25)22-9-12-27-18(2)15-22)33(31,32)23-8-6-19-16-21(26)7-5-20(19)17-23/h5-9,12,15-17H,4,10-11,13-14H2,1-3H3. The number of carbonyl (C=O) groups excluding carboxylic acids is 1. The third kappa shape index (κ3) is 4.26. The van der Waals surface area contributed by atoms with Crippen molar-refractivity contribution in [3.63, 3.8) is 0 Å². The summed E-state index contributed by atoms with van der Waals surface area (Å²) in [6.45, 7) is 4.77. The van der Waals surface area contributed by atoms with E-state index in [9.17, 15) is 13.2 Å². The van der Waals surface area contributed by atoms with Gasteiger partial charge in [-0.2, -0.15) is 0 Å². The first-order chi connectivity index (χ1) is 15.7. The number of benzene rings is 2. The highest BCUT2D eigenvalue weighted by Gasteiger charge is 2.51. The van der Waals surface area contributed by atoms with E-state index in [2.05, 4.69) is 25.8 Å². The highest BCUT2D eigenvalue weighted by atomic mass is 79.9. The second-order valence-corrected chi connectivity index (χ2v) is 11.7. The summed E-state index contributed by atoms with van der Waals surface area (Å²) in [5.74, 6) is -0.170. The number of anilines is 1. The molecule has 33 heavy (non-hydrogen) atoms. The molecule has 1 saturated heterocycles. The number of halogens is 1. The summed E-state index contributed by atoms with van der Waals surface area (Å²) in [4.78, 5) is 19.6. The molecule has 3 aromatic rings. The zero-order chi connectivity index (χ0) is 23.8. The van der Waals surface area contributed by atoms with Gasteiger partial charge in [-0.05, 0) is 54.1 Å². The van der Waals surface area contributed by atoms with Crippen LogP contribution in [-0.4, -0.2) is 49.2 Å². The average molecular weight is 530 g/mol. The van der Waals surface area contributed by atoms with Gasteiger partial charge in [-0.1, -0.05) is 35.0 Å². The van der Waals surface area contributed by atoms with Gasteiger partial charge in [-0.25, -0.2) is 8.42 Å². The Kier molecular flexibility index (Phi) is 6.51. The molecule has 1 aliphatic heterocycles. The lowest BCUT2D eigenvalue weighted by atomic mass is 10.0. The minimum absolute atomic E-state index is 0.170. The summed E-state index contributed by atoms with van der Waals surface area (Å²) in [6.07, 6.45) is 2.69. The molecule has 8 heteroatoms. The SMILES string of the molecule is CCC(=O)N(C)C1(S(=O)(=O)c2ccc3cc(Br)ccc3c2)CCN(c2ccnc(C)c2)CC1. The second-order valence-electron chi connectivity index (χ2n) is 8.55. The third-order valence-corrected chi connectivity index (χ3v) is 9.71. The fraction of sp³-hybridized carbons (Fsp3) is 0.360. The smallest absolute Gasteiger partial charge is 0.223 e. The number of aromatic nitrogens is 1. The lowest BCUT2D eigenvalue weighted by molar-refractivity contribution is -0.133. The van der Waals surface area contributed by atoms with E-state index < -0.39 is 14.7 Å². The molecule has 0 aliphatic carbocycles. The summed E-state index contributed by atoms with van der Waals surface area (Å²) in [7, 11) is -2.21. The zero-order valence-electron chi connectivity index (χ0n) is 19.1. The molecule has 0 radical (unpaired) electrons. The van der Waals surface area contributed by atoms with Crippen molar-refractivity contribution in [3.05, 3.63) is 64.9 Å². The van der Waals surface area contributed by atoms with Crippen molar-refractivity contribution in [2.75, 3.05) is 25.0 Å². The van der Waals surface area contributed by atoms with Gasteiger partial charge in [-0.15, -0.1) is 0 Å². The van der Waals surface area contributed by atoms with E-state index in [-0.39, 0.29) is 17.2 Å². The van der Waals surface area contributed by atoms with Crippen LogP contribution < -0.4 is 4.90 Å². The van der Waals surface area contributed by atoms with Crippen molar-refractivity contribution in [2.24, 2.45) is 0 Å². The molecule has 1 aliphatic rings. The van der Waals surface area contributed by atoms with Crippen molar-refractivity contribution in [1.29, 1.82) is 0 Å². The fourth-order valence-electron chi connectivity index (χ4n) is 4.67. The maximum Gasteiger partial charge on any atom is 0.223 e. The van der Waals surface area contributed by atoms with Gasteiger partial charge in [0.2, 0.25) is 15.7 Å². The number of piperidine rings is 1. The Labute approximate surface area is 203 Å². The van der Waals surface area contributed by atoms with Gasteiger partial charge < -0.3 is 9.80 Å². The molecule has 1 amide bonds. The number of fused-ring (bicyclic) bond motifs is 1. The molecule has 1 fully saturated rings. The molecule has 1 aromatic heterocycles. The number of aryl methyl sites for hydroxylation is 1. The van der Waals surface area contributed by atoms with Crippen LogP contribution >= 0.6 is 15.9 Å². The van der Waals surface area contributed by atoms with Crippen LogP contribution in [-0.2, 0) is 14.6 Å². The molecule has 0 N–H and O–H groups in total. The van der Waals surface area contributed by atoms with Gasteiger partial charge in [0.05, 0.1) is 4.90 Å². The van der Waals surface area contributed by atoms with Gasteiger partial charge in [0, 0.05) is 61.5 Å². The Hall–Kier alpha value is -2.45. The first-order valence-electron chi connectivity index (χ1n) is 11.1. The number of sulfone groups is 1. The molecule has 0 unspecified atom stereocenters. The van der Waals surface area contributed by atoms with E-state index >= 15 is 0 Å². The molecule has 2 aromatic carbocycles. The molecule has 174 valence electrons. The van der Waals surface area contributed by atoms with Gasteiger partial charge in [0.25, 0.3) is 0 Å². The summed E-state index contributed by atoms with van der Waals surface area (Å²) in [5, 5.41) is 1.81. The van der Waals surface area contributed by atoms with Crippen molar-refractivity contribution in [3.8, 4) is 0 Å². The first-order valence-corrected chi connectivity index (χ1v) is 13.3. The Morgan fingerprint density at radius 1 is 1.09 bits per heavy atom. The highest BCUT2D eigenvalue weighted by Crippen LogP contribution is 2.40. The van der Waals surface area contributed by atoms with E-state index in [0.717, 1.165) is 26.6 Å². The third-order valence-electron chi connectivity index (χ3n) is 6.66. The molecule has 6 nitrogen and oxygen atoms in total. The number of pyridine rings is 1. The normalized spacial score (nSPS) is 16.1. The van der Waals surface area contributed by atoms with Crippen LogP contribution in [0.5, 0.6) is 0 Å². The fourth-order valence-corrected chi connectivity index (χ4v) is 7.20. The van der Waals surface area contributed by atoms with Crippen molar-refractivity contribution in [2.45, 2.75) is 42.9 Å².